The first-order chi connectivity index (χ1) is 8.54. The zero-order valence-electron chi connectivity index (χ0n) is 10.8. The molecule has 100 valence electrons. The number of furan rings is 1. The lowest BCUT2D eigenvalue weighted by Crippen LogP contribution is -2.24. The molecule has 0 radical (unpaired) electrons. The predicted octanol–water partition coefficient (Wildman–Crippen LogP) is 2.14. The van der Waals surface area contributed by atoms with Crippen LogP contribution in [-0.4, -0.2) is 23.5 Å². The van der Waals surface area contributed by atoms with Gasteiger partial charge in [-0.3, -0.25) is 9.59 Å². The first kappa shape index (κ1) is 14.3. The summed E-state index contributed by atoms with van der Waals surface area (Å²) in [6.07, 6.45) is 2.11. The van der Waals surface area contributed by atoms with E-state index in [1.54, 1.807) is 6.07 Å². The van der Waals surface area contributed by atoms with Crippen molar-refractivity contribution in [1.29, 1.82) is 0 Å². The average Bonchev–Trinajstić information content (AvgIpc) is 2.69. The largest absolute Gasteiger partial charge is 0.481 e. The molecule has 0 unspecified atom stereocenters. The van der Waals surface area contributed by atoms with Crippen LogP contribution in [0.1, 0.15) is 48.1 Å². The molecule has 0 fully saturated rings. The molecule has 1 amide bonds. The van der Waals surface area contributed by atoms with Crippen LogP contribution in [0.25, 0.3) is 0 Å². The molecule has 0 saturated heterocycles. The van der Waals surface area contributed by atoms with E-state index < -0.39 is 5.97 Å². The first-order valence-corrected chi connectivity index (χ1v) is 6.14. The van der Waals surface area contributed by atoms with E-state index in [2.05, 4.69) is 5.32 Å². The minimum Gasteiger partial charge on any atom is -0.481 e. The van der Waals surface area contributed by atoms with Gasteiger partial charge in [0.15, 0.2) is 5.76 Å². The maximum absolute atomic E-state index is 11.7. The molecule has 2 N–H and O–H groups in total. The van der Waals surface area contributed by atoms with Gasteiger partial charge >= 0.3 is 5.97 Å². The lowest BCUT2D eigenvalue weighted by atomic mass is 10.2. The molecule has 1 heterocycles. The molecule has 0 aromatic carbocycles. The minimum absolute atomic E-state index is 0.135. The fourth-order valence-electron chi connectivity index (χ4n) is 1.67. The van der Waals surface area contributed by atoms with Gasteiger partial charge in [-0.15, -0.1) is 0 Å². The lowest BCUT2D eigenvalue weighted by molar-refractivity contribution is -0.137. The second-order valence-electron chi connectivity index (χ2n) is 4.18. The molecule has 18 heavy (non-hydrogen) atoms. The number of carboxylic acid groups (broad SMARTS) is 1. The molecule has 0 atom stereocenters. The van der Waals surface area contributed by atoms with Crippen LogP contribution in [-0.2, 0) is 11.2 Å². The van der Waals surface area contributed by atoms with Crippen LogP contribution in [0.5, 0.6) is 0 Å². The summed E-state index contributed by atoms with van der Waals surface area (Å²) in [5.41, 5.74) is 0.980. The summed E-state index contributed by atoms with van der Waals surface area (Å²) in [5, 5.41) is 11.2. The Morgan fingerprint density at radius 3 is 2.67 bits per heavy atom. The molecule has 0 aliphatic heterocycles. The lowest BCUT2D eigenvalue weighted by Gasteiger charge is -2.01. The van der Waals surface area contributed by atoms with Gasteiger partial charge in [0.1, 0.15) is 5.76 Å². The summed E-state index contributed by atoms with van der Waals surface area (Å²) >= 11 is 0. The van der Waals surface area contributed by atoms with Crippen molar-refractivity contribution in [2.45, 2.75) is 39.5 Å². The van der Waals surface area contributed by atoms with Crippen molar-refractivity contribution < 1.29 is 19.1 Å². The number of amides is 1. The SMILES string of the molecule is CCc1oc(C(=O)NCCCCC(=O)O)cc1C. The molecular formula is C13H19NO4. The standard InChI is InChI=1S/C13H19NO4/c1-3-10-9(2)8-11(18-10)13(17)14-7-5-4-6-12(15)16/h8H,3-7H2,1-2H3,(H,14,17)(H,15,16). The number of nitrogens with one attached hydrogen (secondary N) is 1. The Morgan fingerprint density at radius 1 is 1.39 bits per heavy atom. The molecular weight excluding hydrogens is 234 g/mol. The van der Waals surface area contributed by atoms with Crippen LogP contribution < -0.4 is 5.32 Å². The average molecular weight is 253 g/mol. The zero-order chi connectivity index (χ0) is 13.5. The molecule has 0 aliphatic rings. The van der Waals surface area contributed by atoms with Gasteiger partial charge in [-0.2, -0.15) is 0 Å². The number of hydrogen-bond donors (Lipinski definition) is 2. The quantitative estimate of drug-likeness (QED) is 0.729. The van der Waals surface area contributed by atoms with Gasteiger partial charge in [-0.05, 0) is 31.4 Å². The van der Waals surface area contributed by atoms with Crippen molar-refractivity contribution in [3.8, 4) is 0 Å². The number of carbonyl (C=O) groups excluding carboxylic acids is 1. The van der Waals surface area contributed by atoms with Gasteiger partial charge in [-0.1, -0.05) is 6.92 Å². The third kappa shape index (κ3) is 4.24. The summed E-state index contributed by atoms with van der Waals surface area (Å²) in [4.78, 5) is 22.0. The highest BCUT2D eigenvalue weighted by atomic mass is 16.4. The zero-order valence-corrected chi connectivity index (χ0v) is 10.8. The van der Waals surface area contributed by atoms with Crippen LogP contribution in [0, 0.1) is 6.92 Å². The Labute approximate surface area is 106 Å². The molecule has 1 aromatic rings. The Kier molecular flexibility index (Phi) is 5.42. The third-order valence-corrected chi connectivity index (χ3v) is 2.67. The van der Waals surface area contributed by atoms with Crippen LogP contribution in [0.15, 0.2) is 10.5 Å². The Morgan fingerprint density at radius 2 is 2.11 bits per heavy atom. The Hall–Kier alpha value is -1.78. The summed E-state index contributed by atoms with van der Waals surface area (Å²) in [7, 11) is 0. The molecule has 5 nitrogen and oxygen atoms in total. The minimum atomic E-state index is -0.810. The van der Waals surface area contributed by atoms with Crippen molar-refractivity contribution in [3.63, 3.8) is 0 Å². The van der Waals surface area contributed by atoms with Crippen LogP contribution in [0.4, 0.5) is 0 Å². The Bertz CT molecular complexity index is 423. The second kappa shape index (κ2) is 6.83. The van der Waals surface area contributed by atoms with Crippen molar-refractivity contribution in [1.82, 2.24) is 5.32 Å². The van der Waals surface area contributed by atoms with Crippen LogP contribution >= 0.6 is 0 Å². The summed E-state index contributed by atoms with van der Waals surface area (Å²) in [5.74, 6) is 0.0947. The van der Waals surface area contributed by atoms with Crippen LogP contribution in [0.2, 0.25) is 0 Å². The van der Waals surface area contributed by atoms with E-state index in [0.29, 0.717) is 25.1 Å². The molecule has 0 spiro atoms. The fraction of sp³-hybridized carbons (Fsp3) is 0.538. The smallest absolute Gasteiger partial charge is 0.303 e. The third-order valence-electron chi connectivity index (χ3n) is 2.67. The monoisotopic (exact) mass is 253 g/mol. The fourth-order valence-corrected chi connectivity index (χ4v) is 1.67. The molecule has 1 rings (SSSR count). The van der Waals surface area contributed by atoms with Crippen molar-refractivity contribution in [2.24, 2.45) is 0 Å². The van der Waals surface area contributed by atoms with E-state index in [0.717, 1.165) is 17.7 Å². The van der Waals surface area contributed by atoms with E-state index in [1.807, 2.05) is 13.8 Å². The summed E-state index contributed by atoms with van der Waals surface area (Å²) in [6, 6.07) is 1.73. The van der Waals surface area contributed by atoms with Gasteiger partial charge in [-0.25, -0.2) is 0 Å². The molecule has 0 aliphatic carbocycles. The molecule has 1 aromatic heterocycles. The van der Waals surface area contributed by atoms with Crippen molar-refractivity contribution in [3.05, 3.63) is 23.2 Å². The molecule has 0 saturated carbocycles. The Balaban J connectivity index is 2.34. The number of unbranched alkanes of at least 4 members (excludes halogenated alkanes) is 1. The van der Waals surface area contributed by atoms with Gasteiger partial charge < -0.3 is 14.8 Å². The van der Waals surface area contributed by atoms with Gasteiger partial charge in [0.05, 0.1) is 0 Å². The van der Waals surface area contributed by atoms with Gasteiger partial charge in [0.25, 0.3) is 5.91 Å². The summed E-state index contributed by atoms with van der Waals surface area (Å²) in [6.45, 7) is 4.35. The highest BCUT2D eigenvalue weighted by Gasteiger charge is 2.12. The van der Waals surface area contributed by atoms with E-state index >= 15 is 0 Å². The van der Waals surface area contributed by atoms with Crippen molar-refractivity contribution >= 4 is 11.9 Å². The van der Waals surface area contributed by atoms with Crippen LogP contribution in [0.3, 0.4) is 0 Å². The normalized spacial score (nSPS) is 10.3. The molecule has 0 bridgehead atoms. The number of rotatable bonds is 7. The first-order valence-electron chi connectivity index (χ1n) is 6.14. The number of carbonyl (C=O) groups is 2. The predicted molar refractivity (Wildman–Crippen MR) is 66.6 cm³/mol. The van der Waals surface area contributed by atoms with Gasteiger partial charge in [0, 0.05) is 19.4 Å². The number of aryl methyl sites for hydroxylation is 2. The maximum atomic E-state index is 11.7. The highest BCUT2D eigenvalue weighted by Crippen LogP contribution is 2.14. The van der Waals surface area contributed by atoms with E-state index in [9.17, 15) is 9.59 Å². The number of hydrogen-bond acceptors (Lipinski definition) is 3. The van der Waals surface area contributed by atoms with Crippen molar-refractivity contribution in [2.75, 3.05) is 6.54 Å². The maximum Gasteiger partial charge on any atom is 0.303 e. The number of carboxylic acids is 1. The van der Waals surface area contributed by atoms with E-state index in [1.165, 1.54) is 0 Å². The highest BCUT2D eigenvalue weighted by molar-refractivity contribution is 5.91. The second-order valence-corrected chi connectivity index (χ2v) is 4.18. The van der Waals surface area contributed by atoms with Gasteiger partial charge in [0.2, 0.25) is 0 Å². The molecule has 5 heteroatoms. The number of aliphatic carboxylic acids is 1. The van der Waals surface area contributed by atoms with E-state index in [4.69, 9.17) is 9.52 Å². The topological polar surface area (TPSA) is 79.5 Å². The van der Waals surface area contributed by atoms with E-state index in [-0.39, 0.29) is 12.3 Å². The summed E-state index contributed by atoms with van der Waals surface area (Å²) < 4.78 is 5.41.